The minimum atomic E-state index is -0.0507. The monoisotopic (exact) mass is 369 g/mol. The van der Waals surface area contributed by atoms with Crippen molar-refractivity contribution in [2.75, 3.05) is 35.3 Å². The first-order valence-corrected chi connectivity index (χ1v) is 6.13. The van der Waals surface area contributed by atoms with Gasteiger partial charge < -0.3 is 14.5 Å². The molecule has 0 aliphatic heterocycles. The molecule has 0 radical (unpaired) electrons. The van der Waals surface area contributed by atoms with Crippen LogP contribution in [-0.4, -0.2) is 62.7 Å². The fraction of sp³-hybridized carbons (Fsp3) is 0.923. The van der Waals surface area contributed by atoms with Gasteiger partial charge in [-0.2, -0.15) is 0 Å². The van der Waals surface area contributed by atoms with E-state index in [2.05, 4.69) is 30.6 Å². The van der Waals surface area contributed by atoms with E-state index in [-0.39, 0.29) is 35.0 Å². The SMILES string of the molecule is COC1(C)CC(N=C(N(C)C)N(C)C)C1(C)C.I. The van der Waals surface area contributed by atoms with Crippen LogP contribution in [0.25, 0.3) is 0 Å². The van der Waals surface area contributed by atoms with Crippen LogP contribution in [0.4, 0.5) is 0 Å². The van der Waals surface area contributed by atoms with Crippen LogP contribution in [-0.2, 0) is 4.74 Å². The number of hydrogen-bond acceptors (Lipinski definition) is 2. The van der Waals surface area contributed by atoms with Gasteiger partial charge in [0.1, 0.15) is 0 Å². The Morgan fingerprint density at radius 3 is 1.83 bits per heavy atom. The minimum Gasteiger partial charge on any atom is -0.378 e. The molecule has 1 aliphatic rings. The summed E-state index contributed by atoms with van der Waals surface area (Å²) in [6.45, 7) is 6.64. The van der Waals surface area contributed by atoms with Crippen LogP contribution in [0.2, 0.25) is 0 Å². The quantitative estimate of drug-likeness (QED) is 0.425. The molecule has 2 atom stereocenters. The van der Waals surface area contributed by atoms with Gasteiger partial charge in [-0.05, 0) is 13.3 Å². The third kappa shape index (κ3) is 2.92. The van der Waals surface area contributed by atoms with Gasteiger partial charge in [0.05, 0.1) is 11.6 Å². The second-order valence-corrected chi connectivity index (χ2v) is 6.09. The Hall–Kier alpha value is -0.0400. The van der Waals surface area contributed by atoms with Gasteiger partial charge in [0.2, 0.25) is 0 Å². The molecule has 0 bridgehead atoms. The zero-order valence-corrected chi connectivity index (χ0v) is 15.3. The molecular weight excluding hydrogens is 341 g/mol. The number of ether oxygens (including phenoxy) is 1. The van der Waals surface area contributed by atoms with Crippen LogP contribution >= 0.6 is 24.0 Å². The number of rotatable bonds is 2. The maximum absolute atomic E-state index is 5.63. The summed E-state index contributed by atoms with van der Waals surface area (Å²) in [6.07, 6.45) is 0.988. The predicted octanol–water partition coefficient (Wildman–Crippen LogP) is 2.29. The Morgan fingerprint density at radius 2 is 1.56 bits per heavy atom. The van der Waals surface area contributed by atoms with Crippen LogP contribution in [0, 0.1) is 5.41 Å². The van der Waals surface area contributed by atoms with Gasteiger partial charge in [0.15, 0.2) is 5.96 Å². The number of guanidine groups is 1. The Kier molecular flexibility index (Phi) is 5.93. The van der Waals surface area contributed by atoms with Crippen molar-refractivity contribution < 1.29 is 4.74 Å². The summed E-state index contributed by atoms with van der Waals surface area (Å²) in [5.41, 5.74) is 0.0317. The first-order chi connectivity index (χ1) is 7.65. The van der Waals surface area contributed by atoms with Crippen molar-refractivity contribution in [1.29, 1.82) is 0 Å². The van der Waals surface area contributed by atoms with Crippen molar-refractivity contribution in [2.45, 2.75) is 38.8 Å². The molecular formula is C13H28IN3O. The maximum atomic E-state index is 5.63. The largest absolute Gasteiger partial charge is 0.378 e. The molecule has 108 valence electrons. The van der Waals surface area contributed by atoms with Crippen LogP contribution in [0.1, 0.15) is 27.2 Å². The van der Waals surface area contributed by atoms with Crippen molar-refractivity contribution in [3.8, 4) is 0 Å². The average Bonchev–Trinajstić information content (AvgIpc) is 2.22. The molecule has 18 heavy (non-hydrogen) atoms. The zero-order valence-electron chi connectivity index (χ0n) is 12.9. The Labute approximate surface area is 129 Å². The molecule has 0 amide bonds. The Balaban J connectivity index is 0.00000289. The maximum Gasteiger partial charge on any atom is 0.195 e. The van der Waals surface area contributed by atoms with Gasteiger partial charge in [0.25, 0.3) is 0 Å². The first-order valence-electron chi connectivity index (χ1n) is 6.13. The third-order valence-corrected chi connectivity index (χ3v) is 4.30. The number of halogens is 1. The lowest BCUT2D eigenvalue weighted by molar-refractivity contribution is -0.171. The van der Waals surface area contributed by atoms with E-state index in [1.807, 2.05) is 28.2 Å². The lowest BCUT2D eigenvalue weighted by atomic mass is 9.56. The molecule has 0 aromatic carbocycles. The highest BCUT2D eigenvalue weighted by Gasteiger charge is 2.58. The number of aliphatic imine (C=N–C) groups is 1. The molecule has 2 unspecified atom stereocenters. The van der Waals surface area contributed by atoms with Crippen molar-refractivity contribution in [2.24, 2.45) is 10.4 Å². The number of hydrogen-bond donors (Lipinski definition) is 0. The lowest BCUT2D eigenvalue weighted by Gasteiger charge is -2.57. The molecule has 0 N–H and O–H groups in total. The van der Waals surface area contributed by atoms with Gasteiger partial charge in [-0.3, -0.25) is 0 Å². The highest BCUT2D eigenvalue weighted by atomic mass is 127. The summed E-state index contributed by atoms with van der Waals surface area (Å²) in [7, 11) is 9.90. The van der Waals surface area contributed by atoms with E-state index in [0.717, 1.165) is 12.4 Å². The normalized spacial score (nSPS) is 28.8. The fourth-order valence-electron chi connectivity index (χ4n) is 2.43. The fourth-order valence-corrected chi connectivity index (χ4v) is 2.43. The molecule has 0 aromatic rings. The third-order valence-electron chi connectivity index (χ3n) is 4.30. The number of methoxy groups -OCH3 is 1. The summed E-state index contributed by atoms with van der Waals surface area (Å²) in [6, 6.07) is 0.326. The molecule has 1 saturated carbocycles. The molecule has 1 aliphatic carbocycles. The van der Waals surface area contributed by atoms with Crippen molar-refractivity contribution in [1.82, 2.24) is 9.80 Å². The molecule has 1 rings (SSSR count). The smallest absolute Gasteiger partial charge is 0.195 e. The molecule has 0 saturated heterocycles. The van der Waals surface area contributed by atoms with E-state index < -0.39 is 0 Å². The molecule has 0 heterocycles. The van der Waals surface area contributed by atoms with Crippen molar-refractivity contribution in [3.63, 3.8) is 0 Å². The Bertz CT molecular complexity index is 305. The molecule has 0 aromatic heterocycles. The lowest BCUT2D eigenvalue weighted by Crippen LogP contribution is -2.63. The summed E-state index contributed by atoms with van der Waals surface area (Å²) < 4.78 is 5.63. The minimum absolute atomic E-state index is 0. The molecule has 0 spiro atoms. The van der Waals surface area contributed by atoms with E-state index in [9.17, 15) is 0 Å². The average molecular weight is 369 g/mol. The molecule has 4 nitrogen and oxygen atoms in total. The second-order valence-electron chi connectivity index (χ2n) is 6.09. The second kappa shape index (κ2) is 5.94. The molecule has 1 fully saturated rings. The zero-order chi connectivity index (χ0) is 13.4. The predicted molar refractivity (Wildman–Crippen MR) is 87.8 cm³/mol. The van der Waals surface area contributed by atoms with E-state index in [1.165, 1.54) is 0 Å². The standard InChI is InChI=1S/C13H27N3O.HI/c1-12(2)10(9-13(12,3)17-8)14-11(15(4)5)16(6)7;/h10H,9H2,1-8H3;1H. The van der Waals surface area contributed by atoms with Crippen LogP contribution in [0.3, 0.4) is 0 Å². The van der Waals surface area contributed by atoms with Gasteiger partial charge in [-0.1, -0.05) is 13.8 Å². The summed E-state index contributed by atoms with van der Waals surface area (Å²) >= 11 is 0. The Morgan fingerprint density at radius 1 is 1.11 bits per heavy atom. The van der Waals surface area contributed by atoms with E-state index in [1.54, 1.807) is 7.11 Å². The highest BCUT2D eigenvalue weighted by Crippen LogP contribution is 2.53. The van der Waals surface area contributed by atoms with Gasteiger partial charge >= 0.3 is 0 Å². The van der Waals surface area contributed by atoms with Crippen LogP contribution < -0.4 is 0 Å². The summed E-state index contributed by atoms with van der Waals surface area (Å²) in [5.74, 6) is 1.02. The first kappa shape index (κ1) is 18.0. The van der Waals surface area contributed by atoms with Gasteiger partial charge in [-0.15, -0.1) is 24.0 Å². The molecule has 5 heteroatoms. The van der Waals surface area contributed by atoms with Gasteiger partial charge in [-0.25, -0.2) is 4.99 Å². The summed E-state index contributed by atoms with van der Waals surface area (Å²) in [4.78, 5) is 8.97. The van der Waals surface area contributed by atoms with Crippen LogP contribution in [0.5, 0.6) is 0 Å². The van der Waals surface area contributed by atoms with Crippen LogP contribution in [0.15, 0.2) is 4.99 Å². The summed E-state index contributed by atoms with van der Waals surface area (Å²) in [5, 5.41) is 0. The van der Waals surface area contributed by atoms with Crippen molar-refractivity contribution >= 4 is 29.9 Å². The topological polar surface area (TPSA) is 28.1 Å². The van der Waals surface area contributed by atoms with E-state index in [0.29, 0.717) is 6.04 Å². The van der Waals surface area contributed by atoms with E-state index in [4.69, 9.17) is 9.73 Å². The van der Waals surface area contributed by atoms with Gasteiger partial charge in [0, 0.05) is 40.7 Å². The highest BCUT2D eigenvalue weighted by molar-refractivity contribution is 14.0. The number of nitrogens with zero attached hydrogens (tertiary/aromatic N) is 3. The van der Waals surface area contributed by atoms with E-state index >= 15 is 0 Å². The van der Waals surface area contributed by atoms with Crippen molar-refractivity contribution in [3.05, 3.63) is 0 Å².